The number of rotatable bonds is 3. The highest BCUT2D eigenvalue weighted by Crippen LogP contribution is 2.25. The molecular formula is C16H17F2N. The summed E-state index contributed by atoms with van der Waals surface area (Å²) in [6.45, 7) is 3.76. The highest BCUT2D eigenvalue weighted by atomic mass is 19.1. The van der Waals surface area contributed by atoms with Crippen LogP contribution in [0.3, 0.4) is 0 Å². The van der Waals surface area contributed by atoms with Gasteiger partial charge in [-0.25, -0.2) is 8.78 Å². The summed E-state index contributed by atoms with van der Waals surface area (Å²) in [6.07, 6.45) is 0.120. The molecule has 2 aromatic carbocycles. The topological polar surface area (TPSA) is 26.0 Å². The van der Waals surface area contributed by atoms with E-state index in [2.05, 4.69) is 0 Å². The summed E-state index contributed by atoms with van der Waals surface area (Å²) in [5.41, 5.74) is 7.43. The molecule has 2 N–H and O–H groups in total. The minimum Gasteiger partial charge on any atom is -0.321 e. The molecule has 0 aliphatic carbocycles. The predicted molar refractivity (Wildman–Crippen MR) is 72.8 cm³/mol. The molecule has 0 spiro atoms. The highest BCUT2D eigenvalue weighted by Gasteiger charge is 2.25. The molecule has 0 saturated heterocycles. The van der Waals surface area contributed by atoms with Gasteiger partial charge in [0.05, 0.1) is 0 Å². The molecule has 1 atom stereocenters. The predicted octanol–water partition coefficient (Wildman–Crippen LogP) is 3.69. The Labute approximate surface area is 112 Å². The average Bonchev–Trinajstić information content (AvgIpc) is 2.35. The van der Waals surface area contributed by atoms with E-state index in [1.54, 1.807) is 6.92 Å². The lowest BCUT2D eigenvalue weighted by molar-refractivity contribution is 0.455. The summed E-state index contributed by atoms with van der Waals surface area (Å²) >= 11 is 0. The van der Waals surface area contributed by atoms with Gasteiger partial charge in [-0.3, -0.25) is 0 Å². The maximum Gasteiger partial charge on any atom is 0.129 e. The maximum absolute atomic E-state index is 13.7. The fourth-order valence-electron chi connectivity index (χ4n) is 2.10. The number of halogens is 2. The molecule has 0 amide bonds. The largest absolute Gasteiger partial charge is 0.321 e. The first-order valence-electron chi connectivity index (χ1n) is 6.19. The zero-order valence-electron chi connectivity index (χ0n) is 11.1. The van der Waals surface area contributed by atoms with Gasteiger partial charge in [-0.2, -0.15) is 0 Å². The molecule has 19 heavy (non-hydrogen) atoms. The van der Waals surface area contributed by atoms with Gasteiger partial charge in [0, 0.05) is 17.5 Å². The van der Waals surface area contributed by atoms with E-state index in [1.807, 2.05) is 31.2 Å². The summed E-state index contributed by atoms with van der Waals surface area (Å²) in [7, 11) is 0. The zero-order valence-corrected chi connectivity index (χ0v) is 11.1. The third-order valence-electron chi connectivity index (χ3n) is 3.32. The molecule has 1 nitrogen and oxygen atoms in total. The Balaban J connectivity index is 2.33. The van der Waals surface area contributed by atoms with Gasteiger partial charge in [-0.1, -0.05) is 35.9 Å². The fourth-order valence-corrected chi connectivity index (χ4v) is 2.10. The van der Waals surface area contributed by atoms with Crippen molar-refractivity contribution in [2.75, 3.05) is 0 Å². The van der Waals surface area contributed by atoms with Crippen LogP contribution in [-0.2, 0) is 12.0 Å². The Morgan fingerprint density at radius 3 is 2.05 bits per heavy atom. The second-order valence-corrected chi connectivity index (χ2v) is 5.16. The van der Waals surface area contributed by atoms with E-state index >= 15 is 0 Å². The molecule has 0 aliphatic heterocycles. The van der Waals surface area contributed by atoms with E-state index in [9.17, 15) is 8.78 Å². The van der Waals surface area contributed by atoms with Crippen LogP contribution in [0.25, 0.3) is 0 Å². The number of nitrogens with two attached hydrogens (primary N) is 1. The van der Waals surface area contributed by atoms with Crippen molar-refractivity contribution >= 4 is 0 Å². The fraction of sp³-hybridized carbons (Fsp3) is 0.250. The van der Waals surface area contributed by atoms with Gasteiger partial charge >= 0.3 is 0 Å². The van der Waals surface area contributed by atoms with Crippen LogP contribution >= 0.6 is 0 Å². The SMILES string of the molecule is Cc1ccc(C(C)(N)Cc2c(F)cccc2F)cc1. The molecule has 0 bridgehead atoms. The monoisotopic (exact) mass is 261 g/mol. The Morgan fingerprint density at radius 1 is 1.00 bits per heavy atom. The summed E-state index contributed by atoms with van der Waals surface area (Å²) in [5, 5.41) is 0. The van der Waals surface area contributed by atoms with Gasteiger partial charge in [-0.05, 0) is 31.5 Å². The van der Waals surface area contributed by atoms with Gasteiger partial charge in [0.15, 0.2) is 0 Å². The molecule has 0 fully saturated rings. The first-order valence-corrected chi connectivity index (χ1v) is 6.19. The van der Waals surface area contributed by atoms with Crippen LogP contribution in [-0.4, -0.2) is 0 Å². The van der Waals surface area contributed by atoms with Crippen molar-refractivity contribution in [3.63, 3.8) is 0 Å². The minimum atomic E-state index is -0.809. The van der Waals surface area contributed by atoms with Crippen molar-refractivity contribution in [2.24, 2.45) is 5.73 Å². The second kappa shape index (κ2) is 5.10. The Hall–Kier alpha value is -1.74. The normalized spacial score (nSPS) is 14.2. The Kier molecular flexibility index (Phi) is 3.67. The smallest absolute Gasteiger partial charge is 0.129 e. The third-order valence-corrected chi connectivity index (χ3v) is 3.32. The zero-order chi connectivity index (χ0) is 14.0. The molecule has 0 radical (unpaired) electrons. The van der Waals surface area contributed by atoms with Crippen LogP contribution in [0.5, 0.6) is 0 Å². The maximum atomic E-state index is 13.7. The van der Waals surface area contributed by atoms with Crippen molar-refractivity contribution in [1.29, 1.82) is 0 Å². The van der Waals surface area contributed by atoms with Gasteiger partial charge in [0.1, 0.15) is 11.6 Å². The van der Waals surface area contributed by atoms with Crippen molar-refractivity contribution in [3.05, 3.63) is 70.8 Å². The molecular weight excluding hydrogens is 244 g/mol. The van der Waals surface area contributed by atoms with Crippen molar-refractivity contribution < 1.29 is 8.78 Å². The average molecular weight is 261 g/mol. The lowest BCUT2D eigenvalue weighted by Gasteiger charge is -2.26. The van der Waals surface area contributed by atoms with Gasteiger partial charge in [0.25, 0.3) is 0 Å². The molecule has 0 heterocycles. The third kappa shape index (κ3) is 2.99. The van der Waals surface area contributed by atoms with Crippen molar-refractivity contribution in [3.8, 4) is 0 Å². The summed E-state index contributed by atoms with van der Waals surface area (Å²) in [6, 6.07) is 11.5. The quantitative estimate of drug-likeness (QED) is 0.896. The van der Waals surface area contributed by atoms with Crippen LogP contribution in [0.15, 0.2) is 42.5 Å². The van der Waals surface area contributed by atoms with E-state index in [1.165, 1.54) is 18.2 Å². The van der Waals surface area contributed by atoms with Crippen LogP contribution in [0.2, 0.25) is 0 Å². The summed E-state index contributed by atoms with van der Waals surface area (Å²) in [4.78, 5) is 0. The number of benzene rings is 2. The van der Waals surface area contributed by atoms with Crippen LogP contribution in [0, 0.1) is 18.6 Å². The molecule has 1 unspecified atom stereocenters. The summed E-state index contributed by atoms with van der Waals surface area (Å²) < 4.78 is 27.3. The highest BCUT2D eigenvalue weighted by molar-refractivity contribution is 5.31. The van der Waals surface area contributed by atoms with E-state index < -0.39 is 17.2 Å². The number of hydrogen-bond acceptors (Lipinski definition) is 1. The van der Waals surface area contributed by atoms with Crippen LogP contribution < -0.4 is 5.73 Å². The Morgan fingerprint density at radius 2 is 1.53 bits per heavy atom. The molecule has 100 valence electrons. The van der Waals surface area contributed by atoms with Gasteiger partial charge < -0.3 is 5.73 Å². The van der Waals surface area contributed by atoms with Gasteiger partial charge in [0.2, 0.25) is 0 Å². The second-order valence-electron chi connectivity index (χ2n) is 5.16. The van der Waals surface area contributed by atoms with E-state index in [-0.39, 0.29) is 12.0 Å². The van der Waals surface area contributed by atoms with E-state index in [0.717, 1.165) is 11.1 Å². The van der Waals surface area contributed by atoms with Crippen LogP contribution in [0.1, 0.15) is 23.6 Å². The van der Waals surface area contributed by atoms with E-state index in [0.29, 0.717) is 0 Å². The first-order chi connectivity index (χ1) is 8.90. The van der Waals surface area contributed by atoms with Crippen LogP contribution in [0.4, 0.5) is 8.78 Å². The lowest BCUT2D eigenvalue weighted by Crippen LogP contribution is -2.36. The van der Waals surface area contributed by atoms with Crippen molar-refractivity contribution in [1.82, 2.24) is 0 Å². The minimum absolute atomic E-state index is 0.0353. The molecule has 2 rings (SSSR count). The number of hydrogen-bond donors (Lipinski definition) is 1. The Bertz CT molecular complexity index is 554. The van der Waals surface area contributed by atoms with E-state index in [4.69, 9.17) is 5.73 Å². The van der Waals surface area contributed by atoms with Crippen molar-refractivity contribution in [2.45, 2.75) is 25.8 Å². The molecule has 0 aliphatic rings. The molecule has 3 heteroatoms. The molecule has 0 saturated carbocycles. The molecule has 0 aromatic heterocycles. The first kappa shape index (κ1) is 13.7. The standard InChI is InChI=1S/C16H17F2N/c1-11-6-8-12(9-7-11)16(2,19)10-13-14(17)4-3-5-15(13)18/h3-9H,10,19H2,1-2H3. The lowest BCUT2D eigenvalue weighted by atomic mass is 9.86. The number of aryl methyl sites for hydroxylation is 1. The van der Waals surface area contributed by atoms with Gasteiger partial charge in [-0.15, -0.1) is 0 Å². The summed E-state index contributed by atoms with van der Waals surface area (Å²) in [5.74, 6) is -1.10. The molecule has 2 aromatic rings.